The van der Waals surface area contributed by atoms with E-state index in [0.717, 1.165) is 24.2 Å². The molecule has 0 unspecified atom stereocenters. The molecule has 0 atom stereocenters. The van der Waals surface area contributed by atoms with Crippen molar-refractivity contribution in [1.29, 1.82) is 0 Å². The molecule has 0 amide bonds. The number of rotatable bonds is 7. The lowest BCUT2D eigenvalue weighted by molar-refractivity contribution is 0.147. The van der Waals surface area contributed by atoms with Gasteiger partial charge in [-0.2, -0.15) is 0 Å². The number of anilines is 1. The Hall–Kier alpha value is -1.35. The number of benzene rings is 1. The van der Waals surface area contributed by atoms with Crippen molar-refractivity contribution >= 4 is 5.69 Å². The molecule has 0 aliphatic heterocycles. The van der Waals surface area contributed by atoms with Crippen LogP contribution in [0.4, 0.5) is 10.1 Å². The molecule has 1 N–H and O–H groups in total. The van der Waals surface area contributed by atoms with Crippen molar-refractivity contribution in [2.45, 2.75) is 13.3 Å². The predicted molar refractivity (Wildman–Crippen MR) is 65.1 cm³/mol. The molecule has 0 aliphatic carbocycles. The van der Waals surface area contributed by atoms with Gasteiger partial charge in [-0.3, -0.25) is 0 Å². The maximum Gasteiger partial charge on any atom is 0.123 e. The molecule has 0 heterocycles. The first kappa shape index (κ1) is 12.7. The molecule has 0 radical (unpaired) electrons. The molecule has 1 aromatic carbocycles. The first-order valence-electron chi connectivity index (χ1n) is 5.40. The summed E-state index contributed by atoms with van der Waals surface area (Å²) in [5.74, 6) is -0.219. The van der Waals surface area contributed by atoms with E-state index < -0.39 is 0 Å². The number of ether oxygens (including phenoxy) is 1. The Morgan fingerprint density at radius 3 is 2.62 bits per heavy atom. The van der Waals surface area contributed by atoms with Crippen LogP contribution in [0.15, 0.2) is 36.4 Å². The molecular weight excluding hydrogens is 205 g/mol. The van der Waals surface area contributed by atoms with Crippen LogP contribution in [0.2, 0.25) is 0 Å². The summed E-state index contributed by atoms with van der Waals surface area (Å²) in [5, 5.41) is 3.15. The third kappa shape index (κ3) is 5.51. The van der Waals surface area contributed by atoms with E-state index in [1.54, 1.807) is 12.1 Å². The molecule has 3 heteroatoms. The number of nitrogens with one attached hydrogen (secondary N) is 1. The zero-order valence-corrected chi connectivity index (χ0v) is 9.63. The summed E-state index contributed by atoms with van der Waals surface area (Å²) in [5.41, 5.74) is 2.04. The summed E-state index contributed by atoms with van der Waals surface area (Å²) >= 11 is 0. The molecule has 0 aromatic heterocycles. The second kappa shape index (κ2) is 7.01. The molecule has 0 aliphatic rings. The van der Waals surface area contributed by atoms with E-state index in [2.05, 4.69) is 11.9 Å². The van der Waals surface area contributed by atoms with Crippen LogP contribution in [0, 0.1) is 5.82 Å². The van der Waals surface area contributed by atoms with E-state index in [0.29, 0.717) is 13.2 Å². The third-order valence-electron chi connectivity index (χ3n) is 2.09. The van der Waals surface area contributed by atoms with Gasteiger partial charge < -0.3 is 10.1 Å². The summed E-state index contributed by atoms with van der Waals surface area (Å²) in [4.78, 5) is 0. The lowest BCUT2D eigenvalue weighted by atomic mass is 10.3. The normalized spacial score (nSPS) is 10.1. The van der Waals surface area contributed by atoms with Crippen molar-refractivity contribution in [2.24, 2.45) is 0 Å². The van der Waals surface area contributed by atoms with Crippen LogP contribution in [0.5, 0.6) is 0 Å². The lowest BCUT2D eigenvalue weighted by Gasteiger charge is -2.07. The zero-order chi connectivity index (χ0) is 11.8. The van der Waals surface area contributed by atoms with E-state index in [9.17, 15) is 4.39 Å². The summed E-state index contributed by atoms with van der Waals surface area (Å²) in [7, 11) is 0. The predicted octanol–water partition coefficient (Wildman–Crippen LogP) is 3.22. The molecule has 0 saturated heterocycles. The van der Waals surface area contributed by atoms with Gasteiger partial charge in [0.1, 0.15) is 5.82 Å². The zero-order valence-electron chi connectivity index (χ0n) is 9.63. The minimum atomic E-state index is -0.219. The smallest absolute Gasteiger partial charge is 0.123 e. The Balaban J connectivity index is 2.07. The maximum atomic E-state index is 12.6. The first-order valence-corrected chi connectivity index (χ1v) is 5.40. The van der Waals surface area contributed by atoms with Crippen LogP contribution in [0.3, 0.4) is 0 Å². The highest BCUT2D eigenvalue weighted by molar-refractivity contribution is 5.42. The average molecular weight is 223 g/mol. The highest BCUT2D eigenvalue weighted by atomic mass is 19.1. The highest BCUT2D eigenvalue weighted by Gasteiger charge is 1.93. The van der Waals surface area contributed by atoms with Gasteiger partial charge >= 0.3 is 0 Å². The van der Waals surface area contributed by atoms with Crippen LogP contribution in [-0.2, 0) is 4.74 Å². The molecule has 16 heavy (non-hydrogen) atoms. The van der Waals surface area contributed by atoms with Gasteiger partial charge in [0.2, 0.25) is 0 Å². The fourth-order valence-corrected chi connectivity index (χ4v) is 1.18. The van der Waals surface area contributed by atoms with Gasteiger partial charge in [-0.05, 0) is 37.6 Å². The maximum absolute atomic E-state index is 12.6. The molecule has 0 bridgehead atoms. The highest BCUT2D eigenvalue weighted by Crippen LogP contribution is 2.07. The van der Waals surface area contributed by atoms with Crippen LogP contribution in [0.1, 0.15) is 13.3 Å². The van der Waals surface area contributed by atoms with Crippen molar-refractivity contribution < 1.29 is 9.13 Å². The van der Waals surface area contributed by atoms with Crippen molar-refractivity contribution in [2.75, 3.05) is 25.1 Å². The van der Waals surface area contributed by atoms with E-state index in [4.69, 9.17) is 4.74 Å². The first-order chi connectivity index (χ1) is 7.68. The Labute approximate surface area is 96.1 Å². The molecule has 1 aromatic rings. The van der Waals surface area contributed by atoms with Gasteiger partial charge in [0.05, 0.1) is 13.2 Å². The standard InChI is InChI=1S/C13H18FNO/c1-11(2)7-9-16-10-8-15-13-5-3-12(14)4-6-13/h3-6,15H,1,7-10H2,2H3. The second-order valence-corrected chi connectivity index (χ2v) is 3.75. The molecule has 2 nitrogen and oxygen atoms in total. The number of halogens is 1. The van der Waals surface area contributed by atoms with Gasteiger partial charge in [-0.1, -0.05) is 5.57 Å². The van der Waals surface area contributed by atoms with Gasteiger partial charge in [-0.25, -0.2) is 4.39 Å². The Bertz CT molecular complexity index is 321. The summed E-state index contributed by atoms with van der Waals surface area (Å²) in [6, 6.07) is 6.29. The molecular formula is C13H18FNO. The van der Waals surface area contributed by atoms with Gasteiger partial charge in [0.15, 0.2) is 0 Å². The van der Waals surface area contributed by atoms with Crippen molar-refractivity contribution in [3.63, 3.8) is 0 Å². The quantitative estimate of drug-likeness (QED) is 0.566. The van der Waals surface area contributed by atoms with E-state index >= 15 is 0 Å². The van der Waals surface area contributed by atoms with Crippen LogP contribution in [0.25, 0.3) is 0 Å². The van der Waals surface area contributed by atoms with E-state index in [1.807, 2.05) is 6.92 Å². The SMILES string of the molecule is C=C(C)CCOCCNc1ccc(F)cc1. The summed E-state index contributed by atoms with van der Waals surface area (Å²) in [6.45, 7) is 7.86. The molecule has 0 saturated carbocycles. The van der Waals surface area contributed by atoms with Gasteiger partial charge in [0.25, 0.3) is 0 Å². The largest absolute Gasteiger partial charge is 0.383 e. The lowest BCUT2D eigenvalue weighted by Crippen LogP contribution is -2.10. The fourth-order valence-electron chi connectivity index (χ4n) is 1.18. The molecule has 1 rings (SSSR count). The number of hydrogen-bond donors (Lipinski definition) is 1. The second-order valence-electron chi connectivity index (χ2n) is 3.75. The molecule has 0 spiro atoms. The van der Waals surface area contributed by atoms with Crippen molar-refractivity contribution in [1.82, 2.24) is 0 Å². The Morgan fingerprint density at radius 2 is 2.00 bits per heavy atom. The van der Waals surface area contributed by atoms with Crippen LogP contribution >= 0.6 is 0 Å². The minimum absolute atomic E-state index is 0.219. The Morgan fingerprint density at radius 1 is 1.31 bits per heavy atom. The van der Waals surface area contributed by atoms with Crippen molar-refractivity contribution in [3.8, 4) is 0 Å². The molecule has 88 valence electrons. The fraction of sp³-hybridized carbons (Fsp3) is 0.385. The van der Waals surface area contributed by atoms with Crippen LogP contribution in [-0.4, -0.2) is 19.8 Å². The van der Waals surface area contributed by atoms with E-state index in [1.165, 1.54) is 12.1 Å². The van der Waals surface area contributed by atoms with Crippen LogP contribution < -0.4 is 5.32 Å². The van der Waals surface area contributed by atoms with Crippen molar-refractivity contribution in [3.05, 3.63) is 42.2 Å². The summed E-state index contributed by atoms with van der Waals surface area (Å²) < 4.78 is 18.0. The average Bonchev–Trinajstić information content (AvgIpc) is 2.25. The molecule has 0 fully saturated rings. The van der Waals surface area contributed by atoms with E-state index in [-0.39, 0.29) is 5.82 Å². The topological polar surface area (TPSA) is 21.3 Å². The number of hydrogen-bond acceptors (Lipinski definition) is 2. The monoisotopic (exact) mass is 223 g/mol. The minimum Gasteiger partial charge on any atom is -0.383 e. The summed E-state index contributed by atoms with van der Waals surface area (Å²) in [6.07, 6.45) is 0.899. The van der Waals surface area contributed by atoms with Gasteiger partial charge in [0, 0.05) is 12.2 Å². The van der Waals surface area contributed by atoms with Gasteiger partial charge in [-0.15, -0.1) is 6.58 Å². The Kier molecular flexibility index (Phi) is 5.57. The third-order valence-corrected chi connectivity index (χ3v) is 2.09.